The van der Waals surface area contributed by atoms with Crippen LogP contribution in [0, 0.1) is 28.6 Å². The third-order valence-corrected chi connectivity index (χ3v) is 11.6. The Hall–Kier alpha value is -2.04. The molecule has 228 valence electrons. The van der Waals surface area contributed by atoms with E-state index in [9.17, 15) is 35.1 Å². The molecule has 0 aliphatic heterocycles. The number of aliphatic hydroxyl groups excluding tert-OH is 2. The zero-order valence-corrected chi connectivity index (χ0v) is 24.9. The largest absolute Gasteiger partial charge is 0.455 e. The van der Waals surface area contributed by atoms with Crippen LogP contribution in [0.15, 0.2) is 30.0 Å². The molecule has 5 rings (SSSR count). The first-order valence-electron chi connectivity index (χ1n) is 15.1. The summed E-state index contributed by atoms with van der Waals surface area (Å²) in [6.45, 7) is 8.93. The smallest absolute Gasteiger partial charge is 0.355 e. The van der Waals surface area contributed by atoms with Crippen molar-refractivity contribution in [1.29, 1.82) is 0 Å². The number of carbonyl (C=O) groups excluding carboxylic acids is 2. The highest BCUT2D eigenvalue weighted by Crippen LogP contribution is 2.68. The minimum atomic E-state index is -1.34. The van der Waals surface area contributed by atoms with Gasteiger partial charge in [-0.2, -0.15) is 0 Å². The van der Waals surface area contributed by atoms with Crippen molar-refractivity contribution < 1.29 is 39.9 Å². The van der Waals surface area contributed by atoms with E-state index in [0.717, 1.165) is 0 Å². The molecule has 0 bridgehead atoms. The number of aliphatic hydroxyl groups is 5. The number of aromatic nitrogens is 1. The Morgan fingerprint density at radius 2 is 1.83 bits per heavy atom. The molecule has 1 heterocycles. The van der Waals surface area contributed by atoms with Gasteiger partial charge in [-0.05, 0) is 113 Å². The van der Waals surface area contributed by atoms with Crippen molar-refractivity contribution >= 4 is 11.8 Å². The Bertz CT molecular complexity index is 1200. The number of nitrogens with one attached hydrogen (secondary N) is 1. The molecule has 0 aromatic carbocycles. The molecule has 4 aliphatic carbocycles. The first-order valence-corrected chi connectivity index (χ1v) is 15.1. The summed E-state index contributed by atoms with van der Waals surface area (Å²) in [7, 11) is 0. The number of allylic oxidation sites excluding steroid dienone is 1. The van der Waals surface area contributed by atoms with Gasteiger partial charge in [0, 0.05) is 17.5 Å². The molecule has 41 heavy (non-hydrogen) atoms. The molecule has 3 fully saturated rings. The zero-order valence-electron chi connectivity index (χ0n) is 24.9. The molecule has 1 aromatic heterocycles. The molecule has 1 aromatic rings. The molecule has 3 saturated carbocycles. The van der Waals surface area contributed by atoms with Crippen LogP contribution in [0.5, 0.6) is 0 Å². The average molecular weight is 574 g/mol. The van der Waals surface area contributed by atoms with Crippen molar-refractivity contribution in [2.45, 2.75) is 121 Å². The third kappa shape index (κ3) is 4.82. The standard InChI is InChI=1S/C32H47NO8/c1-28(2,38)26(41-27(37)21-7-6-14-33-21)10-12-31(5,39)25-9-13-32(40)19-15-22(34)20-16-23(35)24(36)17-29(20,3)18(19)8-11-30(25,32)4/h6-7,14-15,18,20,23-26,33,35-36,38-40H,8-13,16-17H2,1-5H3. The van der Waals surface area contributed by atoms with Crippen molar-refractivity contribution in [3.8, 4) is 0 Å². The fourth-order valence-corrected chi connectivity index (χ4v) is 9.17. The molecule has 0 spiro atoms. The second-order valence-electron chi connectivity index (χ2n) is 14.6. The van der Waals surface area contributed by atoms with Crippen molar-refractivity contribution in [3.05, 3.63) is 35.7 Å². The lowest BCUT2D eigenvalue weighted by Crippen LogP contribution is -2.62. The van der Waals surface area contributed by atoms with Gasteiger partial charge in [0.2, 0.25) is 0 Å². The van der Waals surface area contributed by atoms with E-state index in [4.69, 9.17) is 4.74 Å². The summed E-state index contributed by atoms with van der Waals surface area (Å²) < 4.78 is 5.66. The minimum Gasteiger partial charge on any atom is -0.455 e. The van der Waals surface area contributed by atoms with Gasteiger partial charge in [0.15, 0.2) is 5.78 Å². The number of hydrogen-bond donors (Lipinski definition) is 6. The summed E-state index contributed by atoms with van der Waals surface area (Å²) in [5.41, 5.74) is -4.14. The molecule has 4 aliphatic rings. The zero-order chi connectivity index (χ0) is 30.2. The number of esters is 1. The second kappa shape index (κ2) is 10.0. The van der Waals surface area contributed by atoms with Crippen LogP contribution in [-0.4, -0.2) is 77.4 Å². The topological polar surface area (TPSA) is 160 Å². The van der Waals surface area contributed by atoms with Gasteiger partial charge in [0.05, 0.1) is 29.0 Å². The van der Waals surface area contributed by atoms with E-state index in [1.807, 2.05) is 13.8 Å². The fraction of sp³-hybridized carbons (Fsp3) is 0.750. The number of fused-ring (bicyclic) bond motifs is 5. The van der Waals surface area contributed by atoms with Crippen molar-refractivity contribution in [2.24, 2.45) is 28.6 Å². The van der Waals surface area contributed by atoms with Crippen LogP contribution in [0.4, 0.5) is 0 Å². The van der Waals surface area contributed by atoms with Crippen LogP contribution in [0.25, 0.3) is 0 Å². The summed E-state index contributed by atoms with van der Waals surface area (Å²) in [5, 5.41) is 56.0. The van der Waals surface area contributed by atoms with Gasteiger partial charge in [0.1, 0.15) is 11.8 Å². The first-order chi connectivity index (χ1) is 18.9. The summed E-state index contributed by atoms with van der Waals surface area (Å²) in [6.07, 6.45) is 3.82. The molecular weight excluding hydrogens is 526 g/mol. The number of hydrogen-bond acceptors (Lipinski definition) is 8. The molecule has 6 N–H and O–H groups in total. The SMILES string of the molecule is CC(C)(O)C(CCC(C)(O)C1CCC2(O)C3=CC(=O)C4CC(O)C(O)CC4(C)C3CCC12C)OC(=O)c1ccc[nH]1. The summed E-state index contributed by atoms with van der Waals surface area (Å²) >= 11 is 0. The van der Waals surface area contributed by atoms with Crippen LogP contribution in [0.1, 0.15) is 96.5 Å². The quantitative estimate of drug-likeness (QED) is 0.272. The monoisotopic (exact) mass is 573 g/mol. The maximum Gasteiger partial charge on any atom is 0.355 e. The van der Waals surface area contributed by atoms with E-state index in [2.05, 4.69) is 4.98 Å². The number of carbonyl (C=O) groups is 2. The van der Waals surface area contributed by atoms with Crippen molar-refractivity contribution in [3.63, 3.8) is 0 Å². The number of rotatable bonds is 7. The maximum absolute atomic E-state index is 13.4. The number of H-pyrrole nitrogens is 1. The highest BCUT2D eigenvalue weighted by atomic mass is 16.6. The highest BCUT2D eigenvalue weighted by molar-refractivity contribution is 5.95. The summed E-state index contributed by atoms with van der Waals surface area (Å²) in [4.78, 5) is 28.8. The number of aromatic amines is 1. The molecular formula is C32H47NO8. The van der Waals surface area contributed by atoms with Crippen LogP contribution in [0.2, 0.25) is 0 Å². The molecule has 10 atom stereocenters. The van der Waals surface area contributed by atoms with E-state index in [0.29, 0.717) is 37.7 Å². The molecule has 0 radical (unpaired) electrons. The van der Waals surface area contributed by atoms with E-state index < -0.39 is 57.8 Å². The molecule has 10 unspecified atom stereocenters. The van der Waals surface area contributed by atoms with Crippen LogP contribution >= 0.6 is 0 Å². The Morgan fingerprint density at radius 3 is 2.46 bits per heavy atom. The Kier molecular flexibility index (Phi) is 7.43. The normalized spacial score (nSPS) is 41.0. The van der Waals surface area contributed by atoms with Gasteiger partial charge in [-0.1, -0.05) is 13.8 Å². The summed E-state index contributed by atoms with van der Waals surface area (Å²) in [6, 6.07) is 3.28. The molecule has 0 amide bonds. The van der Waals surface area contributed by atoms with E-state index in [-0.39, 0.29) is 42.6 Å². The van der Waals surface area contributed by atoms with Gasteiger partial charge in [-0.25, -0.2) is 4.79 Å². The van der Waals surface area contributed by atoms with Crippen LogP contribution in [0.3, 0.4) is 0 Å². The van der Waals surface area contributed by atoms with Gasteiger partial charge < -0.3 is 35.3 Å². The van der Waals surface area contributed by atoms with Crippen LogP contribution in [-0.2, 0) is 9.53 Å². The molecule has 0 saturated heterocycles. The predicted molar refractivity (Wildman–Crippen MR) is 151 cm³/mol. The average Bonchev–Trinajstić information content (AvgIpc) is 3.50. The van der Waals surface area contributed by atoms with Gasteiger partial charge >= 0.3 is 5.97 Å². The Balaban J connectivity index is 1.37. The van der Waals surface area contributed by atoms with E-state index >= 15 is 0 Å². The third-order valence-electron chi connectivity index (χ3n) is 11.6. The lowest BCUT2D eigenvalue weighted by molar-refractivity contribution is -0.161. The van der Waals surface area contributed by atoms with Gasteiger partial charge in [0.25, 0.3) is 0 Å². The van der Waals surface area contributed by atoms with Crippen LogP contribution < -0.4 is 0 Å². The number of ketones is 1. The van der Waals surface area contributed by atoms with Crippen molar-refractivity contribution in [2.75, 3.05) is 0 Å². The Labute approximate surface area is 242 Å². The molecule has 9 heteroatoms. The van der Waals surface area contributed by atoms with E-state index in [1.54, 1.807) is 45.2 Å². The van der Waals surface area contributed by atoms with Gasteiger partial charge in [-0.3, -0.25) is 4.79 Å². The fourth-order valence-electron chi connectivity index (χ4n) is 9.17. The van der Waals surface area contributed by atoms with Crippen molar-refractivity contribution in [1.82, 2.24) is 4.98 Å². The lowest BCUT2D eigenvalue weighted by Gasteiger charge is -2.60. The Morgan fingerprint density at radius 1 is 1.12 bits per heavy atom. The molecule has 9 nitrogen and oxygen atoms in total. The maximum atomic E-state index is 13.4. The first kappa shape index (κ1) is 30.4. The summed E-state index contributed by atoms with van der Waals surface area (Å²) in [5.74, 6) is -1.47. The highest BCUT2D eigenvalue weighted by Gasteiger charge is 2.68. The predicted octanol–water partition coefficient (Wildman–Crippen LogP) is 3.05. The lowest BCUT2D eigenvalue weighted by atomic mass is 9.45. The number of ether oxygens (including phenoxy) is 1. The second-order valence-corrected chi connectivity index (χ2v) is 14.6. The minimum absolute atomic E-state index is 0.0962. The van der Waals surface area contributed by atoms with E-state index in [1.165, 1.54) is 0 Å². The van der Waals surface area contributed by atoms with Gasteiger partial charge in [-0.15, -0.1) is 0 Å².